The van der Waals surface area contributed by atoms with Crippen LogP contribution in [0.25, 0.3) is 28.5 Å². The number of para-hydroxylation sites is 1. The maximum absolute atomic E-state index is 13.6. The first-order valence-corrected chi connectivity index (χ1v) is 13.0. The molecule has 2 atom stereocenters. The second-order valence-electron chi connectivity index (χ2n) is 8.20. The molecule has 2 unspecified atom stereocenters. The van der Waals surface area contributed by atoms with Crippen LogP contribution in [0.3, 0.4) is 0 Å². The fraction of sp³-hybridized carbons (Fsp3) is 0.192. The molecule has 0 fully saturated rings. The largest absolute Gasteiger partial charge is 0.760 e. The molecule has 4 heterocycles. The fourth-order valence-corrected chi connectivity index (χ4v) is 4.57. The molecule has 0 saturated heterocycles. The smallest absolute Gasteiger partial charge is 0.213 e. The lowest BCUT2D eigenvalue weighted by molar-refractivity contribution is 0.327. The maximum atomic E-state index is 13.6. The Morgan fingerprint density at radius 3 is 2.38 bits per heavy atom. The van der Waals surface area contributed by atoms with Crippen LogP contribution in [-0.4, -0.2) is 59.1 Å². The van der Waals surface area contributed by atoms with E-state index in [4.69, 9.17) is 24.2 Å². The van der Waals surface area contributed by atoms with Crippen LogP contribution in [0.1, 0.15) is 24.4 Å². The molecule has 5 aromatic rings. The molecular formula is C26H23FN7O5S-. The Morgan fingerprint density at radius 1 is 0.975 bits per heavy atom. The summed E-state index contributed by atoms with van der Waals surface area (Å²) in [7, 11) is 3.04. The number of imidazole rings is 1. The average molecular weight is 565 g/mol. The Hall–Kier alpha value is -4.53. The number of benzene rings is 1. The van der Waals surface area contributed by atoms with Crippen LogP contribution in [-0.2, 0) is 11.3 Å². The van der Waals surface area contributed by atoms with Crippen LogP contribution < -0.4 is 18.9 Å². The quantitative estimate of drug-likeness (QED) is 0.250. The molecule has 40 heavy (non-hydrogen) atoms. The first kappa shape index (κ1) is 27.1. The number of halogens is 1. The van der Waals surface area contributed by atoms with E-state index in [1.807, 2.05) is 6.92 Å². The van der Waals surface area contributed by atoms with Crippen LogP contribution in [0.15, 0.2) is 60.9 Å². The number of hydrogen-bond donors (Lipinski definition) is 1. The van der Waals surface area contributed by atoms with Gasteiger partial charge in [0.25, 0.3) is 0 Å². The molecule has 0 aliphatic heterocycles. The van der Waals surface area contributed by atoms with Crippen LogP contribution in [0.4, 0.5) is 4.39 Å². The average Bonchev–Trinajstić information content (AvgIpc) is 3.34. The topological polar surface area (TPSA) is 149 Å². The van der Waals surface area contributed by atoms with E-state index in [9.17, 15) is 13.2 Å². The van der Waals surface area contributed by atoms with Crippen molar-refractivity contribution in [3.8, 4) is 34.6 Å². The number of hydrogen-bond acceptors (Lipinski definition) is 10. The van der Waals surface area contributed by atoms with Gasteiger partial charge < -0.3 is 18.8 Å². The summed E-state index contributed by atoms with van der Waals surface area (Å²) in [6.07, 6.45) is 2.37. The minimum atomic E-state index is -2.70. The molecule has 5 rings (SSSR count). The molecule has 1 N–H and O–H groups in total. The van der Waals surface area contributed by atoms with Crippen molar-refractivity contribution in [3.05, 3.63) is 78.1 Å². The van der Waals surface area contributed by atoms with Crippen molar-refractivity contribution in [2.75, 3.05) is 20.8 Å². The van der Waals surface area contributed by atoms with Gasteiger partial charge >= 0.3 is 0 Å². The lowest BCUT2D eigenvalue weighted by Gasteiger charge is -2.19. The number of fused-ring (bicyclic) bond motifs is 1. The summed E-state index contributed by atoms with van der Waals surface area (Å²) in [6, 6.07) is 12.0. The molecular weight excluding hydrogens is 541 g/mol. The van der Waals surface area contributed by atoms with E-state index in [1.165, 1.54) is 32.5 Å². The minimum Gasteiger partial charge on any atom is -0.760 e. The minimum absolute atomic E-state index is 0.188. The van der Waals surface area contributed by atoms with Gasteiger partial charge in [-0.15, -0.1) is 0 Å². The highest BCUT2D eigenvalue weighted by molar-refractivity contribution is 7.77. The Morgan fingerprint density at radius 2 is 1.73 bits per heavy atom. The van der Waals surface area contributed by atoms with E-state index < -0.39 is 23.1 Å². The van der Waals surface area contributed by atoms with Crippen molar-refractivity contribution in [1.82, 2.24) is 34.2 Å². The number of nitrogens with one attached hydrogen (secondary N) is 1. The number of aromatic nitrogens is 6. The van der Waals surface area contributed by atoms with Crippen LogP contribution in [0.2, 0.25) is 0 Å². The van der Waals surface area contributed by atoms with Gasteiger partial charge in [-0.2, -0.15) is 0 Å². The van der Waals surface area contributed by atoms with Gasteiger partial charge in [0, 0.05) is 17.3 Å². The monoisotopic (exact) mass is 564 g/mol. The predicted octanol–water partition coefficient (Wildman–Crippen LogP) is 3.30. The molecule has 4 aromatic heterocycles. The van der Waals surface area contributed by atoms with Crippen molar-refractivity contribution >= 4 is 22.6 Å². The van der Waals surface area contributed by atoms with Gasteiger partial charge in [0.15, 0.2) is 17.1 Å². The lowest BCUT2D eigenvalue weighted by atomic mass is 10.1. The zero-order valence-corrected chi connectivity index (χ0v) is 22.4. The highest BCUT2D eigenvalue weighted by Gasteiger charge is 2.26. The van der Waals surface area contributed by atoms with Gasteiger partial charge in [0.1, 0.15) is 34.7 Å². The van der Waals surface area contributed by atoms with Crippen molar-refractivity contribution in [3.63, 3.8) is 0 Å². The van der Waals surface area contributed by atoms with Gasteiger partial charge in [-0.05, 0) is 37.3 Å². The zero-order valence-electron chi connectivity index (χ0n) is 21.6. The summed E-state index contributed by atoms with van der Waals surface area (Å²) in [5.41, 5.74) is 1.82. The molecule has 206 valence electrons. The number of methoxy groups -OCH3 is 2. The molecule has 0 saturated carbocycles. The Labute approximate surface area is 230 Å². The first-order valence-electron chi connectivity index (χ1n) is 12.0. The maximum Gasteiger partial charge on any atom is 0.213 e. The molecule has 0 aliphatic carbocycles. The zero-order chi connectivity index (χ0) is 28.2. The van der Waals surface area contributed by atoms with E-state index in [0.717, 1.165) is 6.20 Å². The Kier molecular flexibility index (Phi) is 7.91. The highest BCUT2D eigenvalue weighted by atomic mass is 32.2. The summed E-state index contributed by atoms with van der Waals surface area (Å²) in [6.45, 7) is 2.28. The van der Waals surface area contributed by atoms with Crippen molar-refractivity contribution in [1.29, 1.82) is 0 Å². The van der Waals surface area contributed by atoms with E-state index in [-0.39, 0.29) is 22.7 Å². The molecule has 12 nitrogen and oxygen atoms in total. The second kappa shape index (κ2) is 11.7. The number of ether oxygens (including phenoxy) is 3. The molecule has 0 bridgehead atoms. The Bertz CT molecular complexity index is 1660. The summed E-state index contributed by atoms with van der Waals surface area (Å²) in [5, 5.41) is 0. The molecule has 1 aromatic carbocycles. The lowest BCUT2D eigenvalue weighted by Crippen LogP contribution is -2.26. The van der Waals surface area contributed by atoms with Crippen LogP contribution in [0, 0.1) is 5.82 Å². The number of rotatable bonds is 10. The summed E-state index contributed by atoms with van der Waals surface area (Å²) >= 11 is -2.70. The third-order valence-electron chi connectivity index (χ3n) is 5.82. The Balaban J connectivity index is 1.80. The van der Waals surface area contributed by atoms with E-state index >= 15 is 0 Å². The van der Waals surface area contributed by atoms with Gasteiger partial charge in [0.2, 0.25) is 5.88 Å². The molecule has 0 amide bonds. The van der Waals surface area contributed by atoms with E-state index in [1.54, 1.807) is 41.0 Å². The van der Waals surface area contributed by atoms with Crippen molar-refractivity contribution in [2.24, 2.45) is 0 Å². The standard InChI is InChI=1S/C26H24FN7O5S/c1-4-39-21-10-5-7-17(30-21)25-32-24-26(34(25)23-19(37-2)8-6-9-20(23)38-3)31-18(14-29-24)22(33-40(35)36)16-12-11-15(27)13-28-16/h5-14,22,33H,4H2,1-3H3,(H,35,36)/p-1. The molecule has 0 radical (unpaired) electrons. The van der Waals surface area contributed by atoms with Crippen LogP contribution in [0.5, 0.6) is 17.4 Å². The normalized spacial score (nSPS) is 12.7. The third kappa shape index (κ3) is 5.32. The van der Waals surface area contributed by atoms with Gasteiger partial charge in [-0.25, -0.2) is 29.0 Å². The molecule has 0 aliphatic rings. The molecule has 14 heteroatoms. The SMILES string of the molecule is CCOc1cccc(-c2nc3ncc(C(NS(=O)[O-])c4ccc(F)cn4)nc3n2-c2c(OC)cccc2OC)n1. The first-order chi connectivity index (χ1) is 19.4. The summed E-state index contributed by atoms with van der Waals surface area (Å²) < 4.78 is 57.9. The molecule has 0 spiro atoms. The highest BCUT2D eigenvalue weighted by Crippen LogP contribution is 2.38. The van der Waals surface area contributed by atoms with Crippen molar-refractivity contribution < 1.29 is 27.4 Å². The second-order valence-corrected chi connectivity index (χ2v) is 8.91. The fourth-order valence-electron chi connectivity index (χ4n) is 4.13. The predicted molar refractivity (Wildman–Crippen MR) is 142 cm³/mol. The van der Waals surface area contributed by atoms with Crippen LogP contribution >= 0.6 is 0 Å². The number of pyridine rings is 2. The van der Waals surface area contributed by atoms with Gasteiger partial charge in [-0.3, -0.25) is 13.8 Å². The summed E-state index contributed by atoms with van der Waals surface area (Å²) in [4.78, 5) is 22.6. The van der Waals surface area contributed by atoms with Crippen molar-refractivity contribution in [2.45, 2.75) is 13.0 Å². The number of nitrogens with zero attached hydrogens (tertiary/aromatic N) is 6. The summed E-state index contributed by atoms with van der Waals surface area (Å²) in [5.74, 6) is 1.08. The van der Waals surface area contributed by atoms with E-state index in [2.05, 4.69) is 19.7 Å². The third-order valence-corrected chi connectivity index (χ3v) is 6.24. The van der Waals surface area contributed by atoms with Gasteiger partial charge in [0.05, 0.1) is 44.6 Å². The van der Waals surface area contributed by atoms with Gasteiger partial charge in [-0.1, -0.05) is 12.1 Å². The van der Waals surface area contributed by atoms with E-state index in [0.29, 0.717) is 41.2 Å².